The molecule has 3 aromatic rings. The molecule has 2 amide bonds. The second kappa shape index (κ2) is 6.82. The van der Waals surface area contributed by atoms with Crippen LogP contribution in [0, 0.1) is 12.7 Å². The first-order valence-electron chi connectivity index (χ1n) is 7.38. The highest BCUT2D eigenvalue weighted by atomic mass is 32.1. The minimum Gasteiger partial charge on any atom is -0.366 e. The van der Waals surface area contributed by atoms with Crippen molar-refractivity contribution in [3.05, 3.63) is 70.4 Å². The van der Waals surface area contributed by atoms with Crippen LogP contribution in [0.25, 0.3) is 11.3 Å². The van der Waals surface area contributed by atoms with E-state index in [4.69, 9.17) is 5.73 Å². The molecular weight excluding hydrogens is 341 g/mol. The summed E-state index contributed by atoms with van der Waals surface area (Å²) in [7, 11) is 0. The Hall–Kier alpha value is -3.06. The SMILES string of the molecule is Cc1sc(NC(=O)c2cccc(C(N)=O)c2)nc1-c1ccc(F)cc1. The highest BCUT2D eigenvalue weighted by Gasteiger charge is 2.14. The van der Waals surface area contributed by atoms with Crippen LogP contribution in [0.5, 0.6) is 0 Å². The molecule has 1 heterocycles. The summed E-state index contributed by atoms with van der Waals surface area (Å²) in [6, 6.07) is 12.1. The van der Waals surface area contributed by atoms with Gasteiger partial charge < -0.3 is 5.73 Å². The molecule has 0 saturated heterocycles. The molecule has 0 spiro atoms. The molecule has 0 atom stereocenters. The van der Waals surface area contributed by atoms with E-state index < -0.39 is 5.91 Å². The van der Waals surface area contributed by atoms with Crippen LogP contribution in [0.15, 0.2) is 48.5 Å². The molecule has 126 valence electrons. The molecular formula is C18H14FN3O2S. The van der Waals surface area contributed by atoms with Crippen LogP contribution in [0.2, 0.25) is 0 Å². The Bertz CT molecular complexity index is 951. The van der Waals surface area contributed by atoms with Gasteiger partial charge in [0, 0.05) is 21.6 Å². The number of aryl methyl sites for hydroxylation is 1. The first-order valence-corrected chi connectivity index (χ1v) is 8.20. The molecule has 0 radical (unpaired) electrons. The number of nitrogens with one attached hydrogen (secondary N) is 1. The van der Waals surface area contributed by atoms with Gasteiger partial charge in [-0.3, -0.25) is 14.9 Å². The first kappa shape index (κ1) is 16.8. The van der Waals surface area contributed by atoms with E-state index in [-0.39, 0.29) is 17.3 Å². The minimum absolute atomic E-state index is 0.259. The molecule has 7 heteroatoms. The Morgan fingerprint density at radius 3 is 2.48 bits per heavy atom. The van der Waals surface area contributed by atoms with Gasteiger partial charge in [0.2, 0.25) is 5.91 Å². The monoisotopic (exact) mass is 355 g/mol. The minimum atomic E-state index is -0.599. The molecule has 3 N–H and O–H groups in total. The van der Waals surface area contributed by atoms with Crippen LogP contribution < -0.4 is 11.1 Å². The number of primary amides is 1. The number of hydrogen-bond donors (Lipinski definition) is 2. The van der Waals surface area contributed by atoms with Crippen LogP contribution >= 0.6 is 11.3 Å². The molecule has 2 aromatic carbocycles. The molecule has 0 aliphatic rings. The summed E-state index contributed by atoms with van der Waals surface area (Å²) in [5.74, 6) is -1.31. The maximum Gasteiger partial charge on any atom is 0.257 e. The number of aromatic nitrogens is 1. The molecule has 3 rings (SSSR count). The zero-order chi connectivity index (χ0) is 18.0. The molecule has 1 aromatic heterocycles. The standard InChI is InChI=1S/C18H14FN3O2S/c1-10-15(11-5-7-14(19)8-6-11)21-18(25-10)22-17(24)13-4-2-3-12(9-13)16(20)23/h2-9H,1H3,(H2,20,23)(H,21,22,24). The molecule has 0 fully saturated rings. The van der Waals surface area contributed by atoms with Crippen molar-refractivity contribution in [2.45, 2.75) is 6.92 Å². The van der Waals surface area contributed by atoms with Crippen molar-refractivity contribution in [1.82, 2.24) is 4.98 Å². The third kappa shape index (κ3) is 3.72. The van der Waals surface area contributed by atoms with Crippen molar-refractivity contribution in [2.24, 2.45) is 5.73 Å². The predicted octanol–water partition coefficient (Wildman–Crippen LogP) is 3.61. The van der Waals surface area contributed by atoms with Crippen molar-refractivity contribution >= 4 is 28.3 Å². The van der Waals surface area contributed by atoms with Crippen molar-refractivity contribution < 1.29 is 14.0 Å². The van der Waals surface area contributed by atoms with Crippen LogP contribution in [0.1, 0.15) is 25.6 Å². The fourth-order valence-electron chi connectivity index (χ4n) is 2.31. The molecule has 0 saturated carbocycles. The lowest BCUT2D eigenvalue weighted by Gasteiger charge is -2.03. The van der Waals surface area contributed by atoms with E-state index >= 15 is 0 Å². The van der Waals surface area contributed by atoms with Gasteiger partial charge in [-0.15, -0.1) is 11.3 Å². The summed E-state index contributed by atoms with van der Waals surface area (Å²) in [6.07, 6.45) is 0. The van der Waals surface area contributed by atoms with Crippen molar-refractivity contribution in [2.75, 3.05) is 5.32 Å². The number of nitrogens with two attached hydrogens (primary N) is 1. The summed E-state index contributed by atoms with van der Waals surface area (Å²) in [5, 5.41) is 3.13. The van der Waals surface area contributed by atoms with Crippen LogP contribution in [0.4, 0.5) is 9.52 Å². The lowest BCUT2D eigenvalue weighted by atomic mass is 10.1. The second-order valence-corrected chi connectivity index (χ2v) is 6.53. The van der Waals surface area contributed by atoms with E-state index in [0.717, 1.165) is 10.4 Å². The highest BCUT2D eigenvalue weighted by molar-refractivity contribution is 7.16. The van der Waals surface area contributed by atoms with Gasteiger partial charge >= 0.3 is 0 Å². The third-order valence-corrected chi connectivity index (χ3v) is 4.43. The summed E-state index contributed by atoms with van der Waals surface area (Å²) >= 11 is 1.32. The van der Waals surface area contributed by atoms with E-state index in [1.165, 1.54) is 29.5 Å². The third-order valence-electron chi connectivity index (χ3n) is 3.54. The largest absolute Gasteiger partial charge is 0.366 e. The number of carbonyl (C=O) groups is 2. The van der Waals surface area contributed by atoms with Gasteiger partial charge in [0.25, 0.3) is 5.91 Å². The van der Waals surface area contributed by atoms with E-state index in [0.29, 0.717) is 16.4 Å². The number of amides is 2. The Labute approximate surface area is 147 Å². The van der Waals surface area contributed by atoms with E-state index in [9.17, 15) is 14.0 Å². The van der Waals surface area contributed by atoms with Crippen molar-refractivity contribution in [3.8, 4) is 11.3 Å². The Kier molecular flexibility index (Phi) is 4.58. The maximum absolute atomic E-state index is 13.0. The number of nitrogens with zero attached hydrogens (tertiary/aromatic N) is 1. The van der Waals surface area contributed by atoms with E-state index in [1.807, 2.05) is 6.92 Å². The topological polar surface area (TPSA) is 85.1 Å². The Morgan fingerprint density at radius 2 is 1.80 bits per heavy atom. The van der Waals surface area contributed by atoms with Crippen LogP contribution in [-0.4, -0.2) is 16.8 Å². The number of carbonyl (C=O) groups excluding carboxylic acids is 2. The number of benzene rings is 2. The van der Waals surface area contributed by atoms with Crippen LogP contribution in [-0.2, 0) is 0 Å². The summed E-state index contributed by atoms with van der Waals surface area (Å²) in [4.78, 5) is 28.9. The van der Waals surface area contributed by atoms with Gasteiger partial charge in [0.15, 0.2) is 5.13 Å². The zero-order valence-electron chi connectivity index (χ0n) is 13.2. The Morgan fingerprint density at radius 1 is 1.12 bits per heavy atom. The average Bonchev–Trinajstić information content (AvgIpc) is 2.96. The number of rotatable bonds is 4. The molecule has 0 aliphatic heterocycles. The number of hydrogen-bond acceptors (Lipinski definition) is 4. The molecule has 5 nitrogen and oxygen atoms in total. The summed E-state index contributed by atoms with van der Waals surface area (Å²) in [5.41, 5.74) is 7.25. The molecule has 25 heavy (non-hydrogen) atoms. The lowest BCUT2D eigenvalue weighted by molar-refractivity contribution is 0.1000. The second-order valence-electron chi connectivity index (χ2n) is 5.33. The maximum atomic E-state index is 13.0. The Balaban J connectivity index is 1.83. The summed E-state index contributed by atoms with van der Waals surface area (Å²) < 4.78 is 13.0. The van der Waals surface area contributed by atoms with Gasteiger partial charge in [0.05, 0.1) is 5.69 Å². The van der Waals surface area contributed by atoms with E-state index in [1.54, 1.807) is 30.3 Å². The van der Waals surface area contributed by atoms with Crippen molar-refractivity contribution in [1.29, 1.82) is 0 Å². The van der Waals surface area contributed by atoms with E-state index in [2.05, 4.69) is 10.3 Å². The number of anilines is 1. The van der Waals surface area contributed by atoms with Crippen LogP contribution in [0.3, 0.4) is 0 Å². The fourth-order valence-corrected chi connectivity index (χ4v) is 3.14. The molecule has 0 bridgehead atoms. The van der Waals surface area contributed by atoms with Gasteiger partial charge in [0.1, 0.15) is 5.82 Å². The average molecular weight is 355 g/mol. The summed E-state index contributed by atoms with van der Waals surface area (Å²) in [6.45, 7) is 1.87. The first-order chi connectivity index (χ1) is 11.9. The smallest absolute Gasteiger partial charge is 0.257 e. The molecule has 0 unspecified atom stereocenters. The highest BCUT2D eigenvalue weighted by Crippen LogP contribution is 2.30. The normalized spacial score (nSPS) is 10.5. The zero-order valence-corrected chi connectivity index (χ0v) is 14.1. The number of thiazole rings is 1. The van der Waals surface area contributed by atoms with Gasteiger partial charge in [-0.25, -0.2) is 9.37 Å². The fraction of sp³-hybridized carbons (Fsp3) is 0.0556. The van der Waals surface area contributed by atoms with Gasteiger partial charge in [-0.05, 0) is 49.4 Å². The number of halogens is 1. The van der Waals surface area contributed by atoms with Crippen molar-refractivity contribution in [3.63, 3.8) is 0 Å². The lowest BCUT2D eigenvalue weighted by Crippen LogP contribution is -2.15. The predicted molar refractivity (Wildman–Crippen MR) is 95.2 cm³/mol. The van der Waals surface area contributed by atoms with Gasteiger partial charge in [-0.2, -0.15) is 0 Å². The quantitative estimate of drug-likeness (QED) is 0.750. The van der Waals surface area contributed by atoms with Gasteiger partial charge in [-0.1, -0.05) is 6.07 Å². The molecule has 0 aliphatic carbocycles.